The van der Waals surface area contributed by atoms with Gasteiger partial charge in [0, 0.05) is 0 Å². The van der Waals surface area contributed by atoms with E-state index in [4.69, 9.17) is 4.74 Å². The molecule has 2 aliphatic rings. The predicted molar refractivity (Wildman–Crippen MR) is 59.4 cm³/mol. The van der Waals surface area contributed by atoms with Gasteiger partial charge in [0.2, 0.25) is 0 Å². The van der Waals surface area contributed by atoms with Crippen molar-refractivity contribution in [2.24, 2.45) is 5.92 Å². The van der Waals surface area contributed by atoms with Gasteiger partial charge in [-0.2, -0.15) is 0 Å². The Balaban J connectivity index is 1.90. The van der Waals surface area contributed by atoms with Crippen LogP contribution in [0.5, 0.6) is 0 Å². The maximum absolute atomic E-state index is 11.2. The van der Waals surface area contributed by atoms with E-state index in [-0.39, 0.29) is 18.0 Å². The Hall–Kier alpha value is -1.05. The molecule has 1 heterocycles. The second-order valence-corrected chi connectivity index (χ2v) is 4.26. The quantitative estimate of drug-likeness (QED) is 0.450. The van der Waals surface area contributed by atoms with Crippen molar-refractivity contribution >= 4 is 5.97 Å². The summed E-state index contributed by atoms with van der Waals surface area (Å²) in [5.41, 5.74) is 0. The highest BCUT2D eigenvalue weighted by Gasteiger charge is 2.40. The summed E-state index contributed by atoms with van der Waals surface area (Å²) in [6.07, 6.45) is 15.3. The molecule has 0 amide bonds. The van der Waals surface area contributed by atoms with Gasteiger partial charge in [0.15, 0.2) is 0 Å². The molecule has 2 rings (SSSR count). The summed E-state index contributed by atoms with van der Waals surface area (Å²) in [5, 5.41) is 0. The smallest absolute Gasteiger partial charge is 0.313 e. The minimum atomic E-state index is 0.00874. The van der Waals surface area contributed by atoms with Crippen molar-refractivity contribution in [2.45, 2.75) is 44.6 Å². The first-order chi connectivity index (χ1) is 7.38. The first-order valence-electron chi connectivity index (χ1n) is 5.88. The monoisotopic (exact) mass is 206 g/mol. The molecule has 1 aliphatic heterocycles. The Morgan fingerprint density at radius 1 is 0.933 bits per heavy atom. The molecular formula is C13H18O2. The van der Waals surface area contributed by atoms with Gasteiger partial charge in [0.05, 0.1) is 5.92 Å². The van der Waals surface area contributed by atoms with Crippen LogP contribution in [-0.4, -0.2) is 12.1 Å². The molecule has 0 bridgehead atoms. The lowest BCUT2D eigenvalue weighted by atomic mass is 9.88. The van der Waals surface area contributed by atoms with E-state index >= 15 is 0 Å². The van der Waals surface area contributed by atoms with E-state index in [1.165, 1.54) is 0 Å². The van der Waals surface area contributed by atoms with Gasteiger partial charge in [0.25, 0.3) is 0 Å². The van der Waals surface area contributed by atoms with Crippen LogP contribution in [0.25, 0.3) is 0 Å². The fourth-order valence-electron chi connectivity index (χ4n) is 2.16. The fourth-order valence-corrected chi connectivity index (χ4v) is 2.16. The summed E-state index contributed by atoms with van der Waals surface area (Å²) >= 11 is 0. The maximum atomic E-state index is 11.2. The van der Waals surface area contributed by atoms with E-state index in [9.17, 15) is 4.79 Å². The van der Waals surface area contributed by atoms with E-state index in [0.29, 0.717) is 0 Å². The molecule has 2 atom stereocenters. The van der Waals surface area contributed by atoms with Crippen molar-refractivity contribution < 1.29 is 9.53 Å². The van der Waals surface area contributed by atoms with E-state index in [1.807, 2.05) is 0 Å². The summed E-state index contributed by atoms with van der Waals surface area (Å²) in [5.74, 6) is 0.178. The highest BCUT2D eigenvalue weighted by Crippen LogP contribution is 2.30. The zero-order valence-corrected chi connectivity index (χ0v) is 9.02. The van der Waals surface area contributed by atoms with Gasteiger partial charge in [0.1, 0.15) is 6.10 Å². The minimum absolute atomic E-state index is 0.00874. The number of esters is 1. The van der Waals surface area contributed by atoms with Crippen molar-refractivity contribution in [3.8, 4) is 0 Å². The van der Waals surface area contributed by atoms with Gasteiger partial charge in [-0.1, -0.05) is 24.3 Å². The van der Waals surface area contributed by atoms with Gasteiger partial charge in [-0.05, 0) is 38.5 Å². The Labute approximate surface area is 91.0 Å². The first kappa shape index (κ1) is 10.5. The largest absolute Gasteiger partial charge is 0.461 e. The van der Waals surface area contributed by atoms with Crippen LogP contribution in [0.3, 0.4) is 0 Å². The highest BCUT2D eigenvalue weighted by molar-refractivity contribution is 5.78. The van der Waals surface area contributed by atoms with E-state index in [0.717, 1.165) is 38.5 Å². The van der Waals surface area contributed by atoms with Gasteiger partial charge in [-0.15, -0.1) is 0 Å². The normalized spacial score (nSPS) is 36.1. The number of allylic oxidation sites excluding steroid dienone is 4. The Bertz CT molecular complexity index is 278. The minimum Gasteiger partial charge on any atom is -0.461 e. The van der Waals surface area contributed by atoms with Crippen molar-refractivity contribution in [2.75, 3.05) is 0 Å². The van der Waals surface area contributed by atoms with Crippen LogP contribution in [0.15, 0.2) is 24.3 Å². The Kier molecular flexibility index (Phi) is 3.59. The van der Waals surface area contributed by atoms with Crippen molar-refractivity contribution in [3.63, 3.8) is 0 Å². The van der Waals surface area contributed by atoms with E-state index in [2.05, 4.69) is 24.3 Å². The SMILES string of the molecule is O=C1OC2CC/C=C\CC/C=C\CC[C@H]12. The van der Waals surface area contributed by atoms with E-state index < -0.39 is 0 Å². The first-order valence-corrected chi connectivity index (χ1v) is 5.88. The number of hydrogen-bond acceptors (Lipinski definition) is 2. The van der Waals surface area contributed by atoms with Crippen LogP contribution in [0, 0.1) is 5.92 Å². The molecule has 0 aromatic heterocycles. The lowest BCUT2D eigenvalue weighted by molar-refractivity contribution is -0.185. The number of ether oxygens (including phenoxy) is 1. The number of fused-ring (bicyclic) bond motifs is 1. The standard InChI is InChI=1S/C13H18O2/c14-13-11-9-7-5-3-1-2-4-6-8-10-12(11)15-13/h3-6,11-12H,1-2,7-10H2/b5-3-,6-4-/t11-,12?/m0/s1. The second kappa shape index (κ2) is 5.15. The van der Waals surface area contributed by atoms with Crippen molar-refractivity contribution in [3.05, 3.63) is 24.3 Å². The third-order valence-corrected chi connectivity index (χ3v) is 3.11. The molecule has 0 aromatic carbocycles. The van der Waals surface area contributed by atoms with Crippen molar-refractivity contribution in [1.29, 1.82) is 0 Å². The van der Waals surface area contributed by atoms with Crippen LogP contribution in [0.1, 0.15) is 38.5 Å². The van der Waals surface area contributed by atoms with Gasteiger partial charge >= 0.3 is 5.97 Å². The molecular weight excluding hydrogens is 188 g/mol. The molecule has 1 fully saturated rings. The number of rotatable bonds is 0. The molecule has 0 radical (unpaired) electrons. The van der Waals surface area contributed by atoms with Gasteiger partial charge < -0.3 is 4.74 Å². The summed E-state index contributed by atoms with van der Waals surface area (Å²) in [6, 6.07) is 0. The fraction of sp³-hybridized carbons (Fsp3) is 0.615. The zero-order valence-electron chi connectivity index (χ0n) is 9.02. The summed E-state index contributed by atoms with van der Waals surface area (Å²) < 4.78 is 5.15. The third-order valence-electron chi connectivity index (χ3n) is 3.11. The molecule has 0 saturated carbocycles. The molecule has 1 aliphatic carbocycles. The molecule has 0 aromatic rings. The van der Waals surface area contributed by atoms with E-state index in [1.54, 1.807) is 0 Å². The van der Waals surface area contributed by atoms with Crippen LogP contribution < -0.4 is 0 Å². The molecule has 2 heteroatoms. The lowest BCUT2D eigenvalue weighted by Crippen LogP contribution is -2.44. The highest BCUT2D eigenvalue weighted by atomic mass is 16.6. The second-order valence-electron chi connectivity index (χ2n) is 4.26. The Morgan fingerprint density at radius 3 is 2.20 bits per heavy atom. The van der Waals surface area contributed by atoms with Crippen molar-refractivity contribution in [1.82, 2.24) is 0 Å². The zero-order chi connectivity index (χ0) is 10.5. The molecule has 1 saturated heterocycles. The third kappa shape index (κ3) is 2.71. The van der Waals surface area contributed by atoms with Crippen LogP contribution in [0.2, 0.25) is 0 Å². The van der Waals surface area contributed by atoms with Gasteiger partial charge in [-0.25, -0.2) is 0 Å². The van der Waals surface area contributed by atoms with Crippen LogP contribution >= 0.6 is 0 Å². The summed E-state index contributed by atoms with van der Waals surface area (Å²) in [7, 11) is 0. The van der Waals surface area contributed by atoms with Gasteiger partial charge in [-0.3, -0.25) is 4.79 Å². The molecule has 15 heavy (non-hydrogen) atoms. The lowest BCUT2D eigenvalue weighted by Gasteiger charge is -2.35. The number of hydrogen-bond donors (Lipinski definition) is 0. The van der Waals surface area contributed by atoms with Crippen LogP contribution in [0.4, 0.5) is 0 Å². The summed E-state index contributed by atoms with van der Waals surface area (Å²) in [6.45, 7) is 0. The molecule has 0 N–H and O–H groups in total. The number of carbonyl (C=O) groups is 1. The topological polar surface area (TPSA) is 26.3 Å². The average molecular weight is 206 g/mol. The average Bonchev–Trinajstić information content (AvgIpc) is 2.22. The predicted octanol–water partition coefficient (Wildman–Crippen LogP) is 2.99. The molecule has 0 spiro atoms. The maximum Gasteiger partial charge on any atom is 0.313 e. The molecule has 1 unspecified atom stereocenters. The number of carbonyl (C=O) groups excluding carboxylic acids is 1. The molecule has 2 nitrogen and oxygen atoms in total. The molecule has 82 valence electrons. The summed E-state index contributed by atoms with van der Waals surface area (Å²) in [4.78, 5) is 11.2. The van der Waals surface area contributed by atoms with Crippen LogP contribution in [-0.2, 0) is 9.53 Å². The Morgan fingerprint density at radius 2 is 1.53 bits per heavy atom.